The molecule has 3 heterocycles. The van der Waals surface area contributed by atoms with Crippen LogP contribution in [0.25, 0.3) is 0 Å². The first-order chi connectivity index (χ1) is 13.3. The van der Waals surface area contributed by atoms with Crippen molar-refractivity contribution in [1.82, 2.24) is 19.9 Å². The number of alkyl halides is 3. The van der Waals surface area contributed by atoms with Crippen LogP contribution < -0.4 is 4.90 Å². The van der Waals surface area contributed by atoms with Gasteiger partial charge in [0, 0.05) is 50.4 Å². The predicted molar refractivity (Wildman–Crippen MR) is 96.9 cm³/mol. The highest BCUT2D eigenvalue weighted by Gasteiger charge is 2.33. The standard InChI is InChI=1S/C19H22F3N5O/c1-12-24-15-4-2-13(10-16(15)25-12)18(28)27-8-6-26(7-9-27)17-5-3-14(11-23-17)19(20,21)22/h3,5,11,13H,2,4,6-10H2,1H3,(H,24,25)/t13-/m0/s1. The molecule has 0 unspecified atom stereocenters. The van der Waals surface area contributed by atoms with E-state index < -0.39 is 11.7 Å². The number of anilines is 1. The van der Waals surface area contributed by atoms with Crippen molar-refractivity contribution in [3.63, 3.8) is 0 Å². The molecule has 0 saturated carbocycles. The second kappa shape index (κ2) is 7.10. The molecule has 0 aromatic carbocycles. The smallest absolute Gasteiger partial charge is 0.353 e. The van der Waals surface area contributed by atoms with E-state index in [1.54, 1.807) is 0 Å². The fourth-order valence-electron chi connectivity index (χ4n) is 3.99. The topological polar surface area (TPSA) is 65.1 Å². The highest BCUT2D eigenvalue weighted by atomic mass is 19.4. The molecule has 1 amide bonds. The summed E-state index contributed by atoms with van der Waals surface area (Å²) in [5, 5.41) is 0. The van der Waals surface area contributed by atoms with E-state index in [1.165, 1.54) is 6.07 Å². The average molecular weight is 393 g/mol. The molecule has 28 heavy (non-hydrogen) atoms. The van der Waals surface area contributed by atoms with Gasteiger partial charge in [0.25, 0.3) is 0 Å². The van der Waals surface area contributed by atoms with Crippen molar-refractivity contribution in [1.29, 1.82) is 0 Å². The van der Waals surface area contributed by atoms with Gasteiger partial charge >= 0.3 is 6.18 Å². The van der Waals surface area contributed by atoms with E-state index >= 15 is 0 Å². The highest BCUT2D eigenvalue weighted by Crippen LogP contribution is 2.30. The van der Waals surface area contributed by atoms with Crippen molar-refractivity contribution in [2.45, 2.75) is 32.4 Å². The number of carbonyl (C=O) groups is 1. The van der Waals surface area contributed by atoms with Crippen LogP contribution in [0, 0.1) is 12.8 Å². The maximum Gasteiger partial charge on any atom is 0.417 e. The molecular formula is C19H22F3N5O. The number of rotatable bonds is 2. The van der Waals surface area contributed by atoms with Gasteiger partial charge in [0.15, 0.2) is 0 Å². The summed E-state index contributed by atoms with van der Waals surface area (Å²) < 4.78 is 38.0. The Balaban J connectivity index is 1.34. The van der Waals surface area contributed by atoms with Gasteiger partial charge in [-0.05, 0) is 31.9 Å². The van der Waals surface area contributed by atoms with Gasteiger partial charge in [0.2, 0.25) is 5.91 Å². The molecule has 1 aliphatic heterocycles. The van der Waals surface area contributed by atoms with Crippen molar-refractivity contribution in [2.75, 3.05) is 31.1 Å². The first-order valence-electron chi connectivity index (χ1n) is 9.42. The summed E-state index contributed by atoms with van der Waals surface area (Å²) in [6.45, 7) is 4.14. The van der Waals surface area contributed by atoms with Gasteiger partial charge in [0.1, 0.15) is 11.6 Å². The Hall–Kier alpha value is -2.58. The van der Waals surface area contributed by atoms with E-state index in [0.29, 0.717) is 38.4 Å². The van der Waals surface area contributed by atoms with Crippen LogP contribution in [0.2, 0.25) is 0 Å². The summed E-state index contributed by atoms with van der Waals surface area (Å²) in [5.41, 5.74) is 1.38. The number of hydrogen-bond acceptors (Lipinski definition) is 4. The third-order valence-electron chi connectivity index (χ3n) is 5.50. The number of halogens is 3. The lowest BCUT2D eigenvalue weighted by molar-refractivity contribution is -0.138. The highest BCUT2D eigenvalue weighted by molar-refractivity contribution is 5.79. The molecular weight excluding hydrogens is 371 g/mol. The summed E-state index contributed by atoms with van der Waals surface area (Å²) in [5.74, 6) is 1.51. The maximum atomic E-state index is 12.9. The van der Waals surface area contributed by atoms with E-state index in [-0.39, 0.29) is 11.8 Å². The van der Waals surface area contributed by atoms with E-state index in [4.69, 9.17) is 0 Å². The van der Waals surface area contributed by atoms with Crippen molar-refractivity contribution in [3.05, 3.63) is 41.1 Å². The number of aryl methyl sites for hydroxylation is 2. The fourth-order valence-corrected chi connectivity index (χ4v) is 3.99. The Morgan fingerprint density at radius 3 is 2.61 bits per heavy atom. The van der Waals surface area contributed by atoms with E-state index in [0.717, 1.165) is 42.3 Å². The minimum absolute atomic E-state index is 0.0388. The van der Waals surface area contributed by atoms with Crippen LogP contribution in [0.5, 0.6) is 0 Å². The van der Waals surface area contributed by atoms with Gasteiger partial charge in [-0.1, -0.05) is 0 Å². The van der Waals surface area contributed by atoms with Crippen LogP contribution in [0.1, 0.15) is 29.2 Å². The van der Waals surface area contributed by atoms with Crippen LogP contribution in [-0.4, -0.2) is 51.9 Å². The summed E-state index contributed by atoms with van der Waals surface area (Å²) in [6.07, 6.45) is -1.22. The third-order valence-corrected chi connectivity index (χ3v) is 5.50. The zero-order valence-corrected chi connectivity index (χ0v) is 15.6. The van der Waals surface area contributed by atoms with Gasteiger partial charge < -0.3 is 14.8 Å². The molecule has 2 aromatic heterocycles. The minimum Gasteiger partial charge on any atom is -0.353 e. The Kier molecular flexibility index (Phi) is 4.76. The quantitative estimate of drug-likeness (QED) is 0.852. The molecule has 2 aromatic rings. The molecule has 0 spiro atoms. The molecule has 1 aliphatic carbocycles. The molecule has 1 atom stereocenters. The lowest BCUT2D eigenvalue weighted by Crippen LogP contribution is -2.51. The SMILES string of the molecule is Cc1nc2c([nH]1)C[C@@H](C(=O)N1CCN(c3ccc(C(F)(F)F)cn3)CC1)CC2. The van der Waals surface area contributed by atoms with Crippen LogP contribution in [0.15, 0.2) is 18.3 Å². The number of carbonyl (C=O) groups excluding carboxylic acids is 1. The molecule has 9 heteroatoms. The van der Waals surface area contributed by atoms with Crippen LogP contribution in [0.4, 0.5) is 19.0 Å². The number of amides is 1. The average Bonchev–Trinajstić information content (AvgIpc) is 3.06. The zero-order chi connectivity index (χ0) is 19.9. The molecule has 6 nitrogen and oxygen atoms in total. The largest absolute Gasteiger partial charge is 0.417 e. The predicted octanol–water partition coefficient (Wildman–Crippen LogP) is 2.59. The van der Waals surface area contributed by atoms with Gasteiger partial charge in [-0.2, -0.15) is 13.2 Å². The monoisotopic (exact) mass is 393 g/mol. The number of aromatic amines is 1. The number of pyridine rings is 1. The lowest BCUT2D eigenvalue weighted by atomic mass is 9.88. The molecule has 0 radical (unpaired) electrons. The van der Waals surface area contributed by atoms with Gasteiger partial charge in [0.05, 0.1) is 11.3 Å². The number of fused-ring (bicyclic) bond motifs is 1. The number of aromatic nitrogens is 3. The number of piperazine rings is 1. The van der Waals surface area contributed by atoms with Crippen molar-refractivity contribution >= 4 is 11.7 Å². The van der Waals surface area contributed by atoms with E-state index in [9.17, 15) is 18.0 Å². The number of nitrogens with zero attached hydrogens (tertiary/aromatic N) is 4. The Morgan fingerprint density at radius 1 is 1.21 bits per heavy atom. The van der Waals surface area contributed by atoms with Gasteiger partial charge in [-0.25, -0.2) is 9.97 Å². The number of H-pyrrole nitrogens is 1. The van der Waals surface area contributed by atoms with Gasteiger partial charge in [-0.15, -0.1) is 0 Å². The Morgan fingerprint density at radius 2 is 1.96 bits per heavy atom. The summed E-state index contributed by atoms with van der Waals surface area (Å²) in [6, 6.07) is 2.44. The summed E-state index contributed by atoms with van der Waals surface area (Å²) in [4.78, 5) is 28.3. The third kappa shape index (κ3) is 3.70. The Bertz CT molecular complexity index is 853. The van der Waals surface area contributed by atoms with Crippen molar-refractivity contribution in [2.24, 2.45) is 5.92 Å². The lowest BCUT2D eigenvalue weighted by Gasteiger charge is -2.37. The van der Waals surface area contributed by atoms with Crippen molar-refractivity contribution < 1.29 is 18.0 Å². The molecule has 2 aliphatic rings. The molecule has 1 N–H and O–H groups in total. The number of hydrogen-bond donors (Lipinski definition) is 1. The number of imidazole rings is 1. The van der Waals surface area contributed by atoms with Crippen LogP contribution >= 0.6 is 0 Å². The van der Waals surface area contributed by atoms with E-state index in [1.807, 2.05) is 16.7 Å². The first kappa shape index (κ1) is 18.8. The van der Waals surface area contributed by atoms with Crippen LogP contribution in [0.3, 0.4) is 0 Å². The van der Waals surface area contributed by atoms with Crippen LogP contribution in [-0.2, 0) is 23.8 Å². The Labute approximate surface area is 160 Å². The second-order valence-corrected chi connectivity index (χ2v) is 7.40. The molecule has 1 fully saturated rings. The van der Waals surface area contributed by atoms with Crippen molar-refractivity contribution in [3.8, 4) is 0 Å². The minimum atomic E-state index is -4.39. The molecule has 4 rings (SSSR count). The summed E-state index contributed by atoms with van der Waals surface area (Å²) >= 11 is 0. The van der Waals surface area contributed by atoms with E-state index in [2.05, 4.69) is 15.0 Å². The maximum absolute atomic E-state index is 12.9. The zero-order valence-electron chi connectivity index (χ0n) is 15.6. The fraction of sp³-hybridized carbons (Fsp3) is 0.526. The second-order valence-electron chi connectivity index (χ2n) is 7.40. The first-order valence-corrected chi connectivity index (χ1v) is 9.42. The molecule has 1 saturated heterocycles. The molecule has 150 valence electrons. The van der Waals surface area contributed by atoms with Gasteiger partial charge in [-0.3, -0.25) is 4.79 Å². The summed E-state index contributed by atoms with van der Waals surface area (Å²) in [7, 11) is 0. The molecule has 0 bridgehead atoms. The number of nitrogens with one attached hydrogen (secondary N) is 1. The normalized spacial score (nSPS) is 20.2.